The molecule has 1 saturated heterocycles. The molecule has 30 heavy (non-hydrogen) atoms. The largest absolute Gasteiger partial charge is 0.471 e. The first-order valence-electron chi connectivity index (χ1n) is 9.14. The van der Waals surface area contributed by atoms with Crippen molar-refractivity contribution in [3.8, 4) is 0 Å². The van der Waals surface area contributed by atoms with E-state index in [2.05, 4.69) is 4.74 Å². The summed E-state index contributed by atoms with van der Waals surface area (Å²) < 4.78 is 20.5. The molecule has 11 atom stereocenters. The van der Waals surface area contributed by atoms with Crippen LogP contribution in [0.5, 0.6) is 0 Å². The molecule has 8 N–H and O–H groups in total. The molecule has 3 unspecified atom stereocenters. The Morgan fingerprint density at radius 3 is 2.27 bits per heavy atom. The summed E-state index contributed by atoms with van der Waals surface area (Å²) in [6, 6.07) is 0. The van der Waals surface area contributed by atoms with Crippen molar-refractivity contribution in [2.24, 2.45) is 5.92 Å². The summed E-state index contributed by atoms with van der Waals surface area (Å²) in [6.45, 7) is 0.335. The lowest BCUT2D eigenvalue weighted by atomic mass is 9.76. The maximum atomic E-state index is 12.1. The topological polar surface area (TPSA) is 216 Å². The van der Waals surface area contributed by atoms with E-state index in [4.69, 9.17) is 14.2 Å². The molecule has 2 heterocycles. The van der Waals surface area contributed by atoms with Crippen molar-refractivity contribution >= 4 is 5.97 Å². The summed E-state index contributed by atoms with van der Waals surface area (Å²) in [5, 5.41) is 81.9. The average Bonchev–Trinajstić information content (AvgIpc) is 2.85. The Labute approximate surface area is 170 Å². The molecule has 172 valence electrons. The van der Waals surface area contributed by atoms with Crippen LogP contribution in [0.15, 0.2) is 11.8 Å². The molecule has 1 saturated carbocycles. The van der Waals surface area contributed by atoms with E-state index in [1.54, 1.807) is 0 Å². The molecule has 3 rings (SSSR count). The van der Waals surface area contributed by atoms with Crippen molar-refractivity contribution in [3.63, 3.8) is 0 Å². The maximum absolute atomic E-state index is 12.1. The predicted molar refractivity (Wildman–Crippen MR) is 90.9 cm³/mol. The van der Waals surface area contributed by atoms with Crippen LogP contribution in [0.2, 0.25) is 0 Å². The smallest absolute Gasteiger partial charge is 0.339 e. The van der Waals surface area contributed by atoms with Crippen LogP contribution >= 0.6 is 0 Å². The molecule has 0 aromatic carbocycles. The Bertz CT molecular complexity index is 693. The number of aliphatic hydroxyl groups excluding tert-OH is 6. The SMILES string of the molecule is COC(=O)C1=CO[C@@H](O[C@@H]2O[C@H](CO)[C@@H](O)[C@@H](O)[C@H]2O)C2C(C)(O)C(O)[C@@H](O)[C@]12O. The highest BCUT2D eigenvalue weighted by atomic mass is 16.8. The van der Waals surface area contributed by atoms with Crippen LogP contribution in [-0.4, -0.2) is 121 Å². The van der Waals surface area contributed by atoms with Gasteiger partial charge in [-0.15, -0.1) is 0 Å². The molecule has 13 heteroatoms. The van der Waals surface area contributed by atoms with Gasteiger partial charge < -0.3 is 59.8 Å². The lowest BCUT2D eigenvalue weighted by Gasteiger charge is -2.46. The van der Waals surface area contributed by atoms with Crippen molar-refractivity contribution in [2.75, 3.05) is 13.7 Å². The van der Waals surface area contributed by atoms with E-state index in [-0.39, 0.29) is 0 Å². The summed E-state index contributed by atoms with van der Waals surface area (Å²) in [5.74, 6) is -2.79. The fraction of sp³-hybridized carbons (Fsp3) is 0.824. The summed E-state index contributed by atoms with van der Waals surface area (Å²) in [6.07, 6.45) is -13.3. The van der Waals surface area contributed by atoms with E-state index in [9.17, 15) is 45.6 Å². The van der Waals surface area contributed by atoms with Crippen LogP contribution in [0.4, 0.5) is 0 Å². The van der Waals surface area contributed by atoms with Crippen molar-refractivity contribution in [3.05, 3.63) is 11.8 Å². The Hall–Kier alpha value is -1.39. The maximum Gasteiger partial charge on any atom is 0.339 e. The van der Waals surface area contributed by atoms with Gasteiger partial charge in [-0.1, -0.05) is 0 Å². The summed E-state index contributed by atoms with van der Waals surface area (Å²) in [7, 11) is 1.01. The van der Waals surface area contributed by atoms with Crippen molar-refractivity contribution in [2.45, 2.75) is 67.3 Å². The second kappa shape index (κ2) is 7.94. The molecule has 3 aliphatic rings. The first-order chi connectivity index (χ1) is 13.9. The first-order valence-corrected chi connectivity index (χ1v) is 9.14. The zero-order valence-corrected chi connectivity index (χ0v) is 16.1. The molecule has 0 aromatic rings. The van der Waals surface area contributed by atoms with E-state index in [1.165, 1.54) is 0 Å². The third kappa shape index (κ3) is 3.22. The van der Waals surface area contributed by atoms with Crippen LogP contribution in [-0.2, 0) is 23.7 Å². The number of esters is 1. The van der Waals surface area contributed by atoms with E-state index in [0.717, 1.165) is 14.0 Å². The Balaban J connectivity index is 1.96. The average molecular weight is 438 g/mol. The lowest BCUT2D eigenvalue weighted by Crippen LogP contribution is -2.63. The third-order valence-electron chi connectivity index (χ3n) is 6.00. The number of rotatable bonds is 4. The highest BCUT2D eigenvalue weighted by molar-refractivity contribution is 5.91. The Kier molecular flexibility index (Phi) is 6.16. The van der Waals surface area contributed by atoms with E-state index >= 15 is 0 Å². The number of hydrogen-bond donors (Lipinski definition) is 8. The van der Waals surface area contributed by atoms with Gasteiger partial charge in [-0.2, -0.15) is 0 Å². The number of carbonyl (C=O) groups is 1. The molecule has 0 spiro atoms. The zero-order chi connectivity index (χ0) is 22.6. The van der Waals surface area contributed by atoms with Gasteiger partial charge in [0.1, 0.15) is 59.7 Å². The minimum Gasteiger partial charge on any atom is -0.471 e. The van der Waals surface area contributed by atoms with Crippen molar-refractivity contribution in [1.82, 2.24) is 0 Å². The number of carbonyl (C=O) groups excluding carboxylic acids is 1. The van der Waals surface area contributed by atoms with Crippen LogP contribution in [0.3, 0.4) is 0 Å². The van der Waals surface area contributed by atoms with Crippen LogP contribution in [0.25, 0.3) is 0 Å². The minimum absolute atomic E-state index is 0.590. The second-order valence-electron chi connectivity index (χ2n) is 7.78. The van der Waals surface area contributed by atoms with Gasteiger partial charge in [0, 0.05) is 0 Å². The molecular formula is C17H26O13. The van der Waals surface area contributed by atoms with Crippen LogP contribution < -0.4 is 0 Å². The van der Waals surface area contributed by atoms with Crippen molar-refractivity contribution < 1.29 is 64.6 Å². The molecule has 0 radical (unpaired) electrons. The lowest BCUT2D eigenvalue weighted by molar-refractivity contribution is -0.352. The normalized spacial score (nSPS) is 51.0. The Morgan fingerprint density at radius 1 is 1.07 bits per heavy atom. The van der Waals surface area contributed by atoms with Gasteiger partial charge >= 0.3 is 5.97 Å². The number of aliphatic hydroxyl groups is 8. The highest BCUT2D eigenvalue weighted by Gasteiger charge is 2.72. The van der Waals surface area contributed by atoms with Crippen LogP contribution in [0, 0.1) is 5.92 Å². The van der Waals surface area contributed by atoms with Gasteiger partial charge in [0.25, 0.3) is 0 Å². The standard InChI is InChI=1S/C17H26O13/c1-16(25)10-15(30-14-9(21)8(20)7(19)6(3-18)29-14)28-4-5(13(24)27-2)17(10,26)12(23)11(16)22/h4,6-12,14-15,18-23,25-26H,3H2,1-2H3/t6-,7-,8-,9-,10?,11?,12-,14+,15+,16?,17+/m1/s1. The molecular weight excluding hydrogens is 412 g/mol. The number of hydrogen-bond acceptors (Lipinski definition) is 13. The zero-order valence-electron chi connectivity index (χ0n) is 16.1. The summed E-state index contributed by atoms with van der Waals surface area (Å²) in [4.78, 5) is 12.1. The van der Waals surface area contributed by atoms with Crippen LogP contribution in [0.1, 0.15) is 6.92 Å². The third-order valence-corrected chi connectivity index (χ3v) is 6.00. The second-order valence-corrected chi connectivity index (χ2v) is 7.78. The van der Waals surface area contributed by atoms with Gasteiger partial charge in [-0.05, 0) is 6.92 Å². The van der Waals surface area contributed by atoms with Gasteiger partial charge in [-0.25, -0.2) is 4.79 Å². The number of ether oxygens (including phenoxy) is 4. The van der Waals surface area contributed by atoms with Gasteiger partial charge in [0.15, 0.2) is 6.29 Å². The molecule has 2 aliphatic heterocycles. The quantitative estimate of drug-likeness (QED) is 0.193. The van der Waals surface area contributed by atoms with E-state index in [1.807, 2.05) is 0 Å². The van der Waals surface area contributed by atoms with E-state index in [0.29, 0.717) is 6.26 Å². The van der Waals surface area contributed by atoms with Gasteiger partial charge in [-0.3, -0.25) is 0 Å². The van der Waals surface area contributed by atoms with Crippen molar-refractivity contribution in [1.29, 1.82) is 0 Å². The minimum atomic E-state index is -2.58. The molecule has 0 bridgehead atoms. The van der Waals surface area contributed by atoms with Gasteiger partial charge in [0.05, 0.1) is 19.6 Å². The molecule has 2 fully saturated rings. The molecule has 0 aromatic heterocycles. The highest BCUT2D eigenvalue weighted by Crippen LogP contribution is 2.52. The Morgan fingerprint density at radius 2 is 1.70 bits per heavy atom. The first kappa shape index (κ1) is 23.3. The summed E-state index contributed by atoms with van der Waals surface area (Å²) in [5.41, 5.74) is -5.43. The van der Waals surface area contributed by atoms with Gasteiger partial charge in [0.2, 0.25) is 6.29 Å². The number of fused-ring (bicyclic) bond motifs is 1. The monoisotopic (exact) mass is 438 g/mol. The fourth-order valence-corrected chi connectivity index (χ4v) is 4.24. The molecule has 1 aliphatic carbocycles. The summed E-state index contributed by atoms with van der Waals surface area (Å²) >= 11 is 0. The molecule has 13 nitrogen and oxygen atoms in total. The fourth-order valence-electron chi connectivity index (χ4n) is 4.24. The van der Waals surface area contributed by atoms with E-state index < -0.39 is 84.5 Å². The molecule has 0 amide bonds. The number of methoxy groups -OCH3 is 1. The predicted octanol–water partition coefficient (Wildman–Crippen LogP) is -4.95.